The third-order valence-corrected chi connectivity index (χ3v) is 5.30. The number of hydrogen-bond donors (Lipinski definition) is 1. The molecule has 0 aromatic carbocycles. The van der Waals surface area contributed by atoms with Gasteiger partial charge in [-0.1, -0.05) is 0 Å². The van der Waals surface area contributed by atoms with E-state index in [0.717, 1.165) is 24.7 Å². The van der Waals surface area contributed by atoms with E-state index in [9.17, 15) is 0 Å². The van der Waals surface area contributed by atoms with Crippen LogP contribution in [0, 0.1) is 5.92 Å². The van der Waals surface area contributed by atoms with Crippen LogP contribution in [0.25, 0.3) is 0 Å². The van der Waals surface area contributed by atoms with Gasteiger partial charge in [0.05, 0.1) is 5.69 Å². The molecule has 0 saturated carbocycles. The van der Waals surface area contributed by atoms with Gasteiger partial charge in [-0.05, 0) is 44.7 Å². The molecule has 2 saturated heterocycles. The molecule has 0 amide bonds. The van der Waals surface area contributed by atoms with Crippen molar-refractivity contribution in [3.63, 3.8) is 0 Å². The minimum absolute atomic E-state index is 0.557. The Morgan fingerprint density at radius 1 is 1.21 bits per heavy atom. The first-order valence-corrected chi connectivity index (χ1v) is 8.35. The summed E-state index contributed by atoms with van der Waals surface area (Å²) in [6.07, 6.45) is 5.43. The molecule has 19 heavy (non-hydrogen) atoms. The van der Waals surface area contributed by atoms with E-state index in [1.54, 1.807) is 11.3 Å². The highest BCUT2D eigenvalue weighted by molar-refractivity contribution is 7.13. The number of rotatable bonds is 4. The SMILES string of the molecule is NCc1csc(N2CCC(CN3CCCC3)CC2)n1. The second-order valence-electron chi connectivity index (χ2n) is 5.76. The highest BCUT2D eigenvalue weighted by atomic mass is 32.1. The van der Waals surface area contributed by atoms with Crippen LogP contribution in [0.2, 0.25) is 0 Å². The predicted molar refractivity (Wildman–Crippen MR) is 80.6 cm³/mol. The highest BCUT2D eigenvalue weighted by Crippen LogP contribution is 2.27. The van der Waals surface area contributed by atoms with E-state index >= 15 is 0 Å². The van der Waals surface area contributed by atoms with Crippen LogP contribution in [-0.2, 0) is 6.54 Å². The number of nitrogens with zero attached hydrogens (tertiary/aromatic N) is 3. The van der Waals surface area contributed by atoms with Crippen LogP contribution in [0.5, 0.6) is 0 Å². The van der Waals surface area contributed by atoms with Gasteiger partial charge in [0.2, 0.25) is 0 Å². The van der Waals surface area contributed by atoms with Gasteiger partial charge in [-0.15, -0.1) is 11.3 Å². The van der Waals surface area contributed by atoms with E-state index in [0.29, 0.717) is 6.54 Å². The fourth-order valence-corrected chi connectivity index (χ4v) is 4.06. The molecule has 2 N–H and O–H groups in total. The largest absolute Gasteiger partial charge is 0.348 e. The predicted octanol–water partition coefficient (Wildman–Crippen LogP) is 1.91. The number of likely N-dealkylation sites (tertiary alicyclic amines) is 1. The summed E-state index contributed by atoms with van der Waals surface area (Å²) in [5, 5.41) is 3.26. The number of thiazole rings is 1. The minimum Gasteiger partial charge on any atom is -0.348 e. The van der Waals surface area contributed by atoms with Gasteiger partial charge < -0.3 is 15.5 Å². The molecule has 0 spiro atoms. The maximum atomic E-state index is 5.63. The molecule has 1 aromatic rings. The first kappa shape index (κ1) is 13.3. The van der Waals surface area contributed by atoms with Crippen LogP contribution in [-0.4, -0.2) is 42.6 Å². The maximum Gasteiger partial charge on any atom is 0.185 e. The van der Waals surface area contributed by atoms with E-state index in [1.807, 2.05) is 0 Å². The summed E-state index contributed by atoms with van der Waals surface area (Å²) in [7, 11) is 0. The topological polar surface area (TPSA) is 45.4 Å². The summed E-state index contributed by atoms with van der Waals surface area (Å²) in [4.78, 5) is 9.67. The molecule has 0 radical (unpaired) electrons. The van der Waals surface area contributed by atoms with E-state index < -0.39 is 0 Å². The molecule has 4 nitrogen and oxygen atoms in total. The van der Waals surface area contributed by atoms with Crippen molar-refractivity contribution < 1.29 is 0 Å². The lowest BCUT2D eigenvalue weighted by Gasteiger charge is -2.33. The van der Waals surface area contributed by atoms with Crippen molar-refractivity contribution >= 4 is 16.5 Å². The van der Waals surface area contributed by atoms with Gasteiger partial charge in [-0.25, -0.2) is 4.98 Å². The molecule has 3 heterocycles. The van der Waals surface area contributed by atoms with Gasteiger partial charge in [0.25, 0.3) is 0 Å². The first-order chi connectivity index (χ1) is 9.35. The van der Waals surface area contributed by atoms with Crippen LogP contribution < -0.4 is 10.6 Å². The van der Waals surface area contributed by atoms with E-state index in [4.69, 9.17) is 5.73 Å². The van der Waals surface area contributed by atoms with Crippen molar-refractivity contribution in [3.8, 4) is 0 Å². The molecule has 3 rings (SSSR count). The van der Waals surface area contributed by atoms with Crippen molar-refractivity contribution in [2.75, 3.05) is 37.6 Å². The monoisotopic (exact) mass is 280 g/mol. The zero-order valence-corrected chi connectivity index (χ0v) is 12.4. The Bertz CT molecular complexity index is 392. The summed E-state index contributed by atoms with van der Waals surface area (Å²) >= 11 is 1.74. The average molecular weight is 280 g/mol. The molecule has 0 atom stereocenters. The summed E-state index contributed by atoms with van der Waals surface area (Å²) < 4.78 is 0. The zero-order valence-electron chi connectivity index (χ0n) is 11.6. The number of piperidine rings is 1. The number of aromatic nitrogens is 1. The van der Waals surface area contributed by atoms with E-state index in [2.05, 4.69) is 20.2 Å². The third-order valence-electron chi connectivity index (χ3n) is 4.35. The Morgan fingerprint density at radius 2 is 1.95 bits per heavy atom. The Hall–Kier alpha value is -0.650. The number of hydrogen-bond acceptors (Lipinski definition) is 5. The van der Waals surface area contributed by atoms with E-state index in [1.165, 1.54) is 50.4 Å². The number of anilines is 1. The van der Waals surface area contributed by atoms with E-state index in [-0.39, 0.29) is 0 Å². The summed E-state index contributed by atoms with van der Waals surface area (Å²) in [5.74, 6) is 0.892. The third kappa shape index (κ3) is 3.27. The lowest BCUT2D eigenvalue weighted by atomic mass is 9.96. The summed E-state index contributed by atoms with van der Waals surface area (Å²) in [6.45, 7) is 6.85. The quantitative estimate of drug-likeness (QED) is 0.915. The lowest BCUT2D eigenvalue weighted by molar-refractivity contribution is 0.249. The Kier molecular flexibility index (Phi) is 4.35. The molecular weight excluding hydrogens is 256 g/mol. The first-order valence-electron chi connectivity index (χ1n) is 7.47. The number of nitrogens with two attached hydrogens (primary N) is 1. The molecule has 2 aliphatic heterocycles. The van der Waals surface area contributed by atoms with Gasteiger partial charge in [0.1, 0.15) is 0 Å². The smallest absolute Gasteiger partial charge is 0.185 e. The van der Waals surface area contributed by atoms with Crippen LogP contribution >= 0.6 is 11.3 Å². The van der Waals surface area contributed by atoms with Crippen LogP contribution in [0.1, 0.15) is 31.4 Å². The second kappa shape index (κ2) is 6.20. The van der Waals surface area contributed by atoms with Crippen molar-refractivity contribution in [1.29, 1.82) is 0 Å². The molecular formula is C14H24N4S. The van der Waals surface area contributed by atoms with Gasteiger partial charge in [-0.3, -0.25) is 0 Å². The van der Waals surface area contributed by atoms with Gasteiger partial charge in [-0.2, -0.15) is 0 Å². The molecule has 2 fully saturated rings. The molecule has 5 heteroatoms. The van der Waals surface area contributed by atoms with Crippen molar-refractivity contribution in [2.45, 2.75) is 32.2 Å². The Morgan fingerprint density at radius 3 is 2.58 bits per heavy atom. The van der Waals surface area contributed by atoms with Crippen molar-refractivity contribution in [2.24, 2.45) is 11.7 Å². The van der Waals surface area contributed by atoms with Crippen molar-refractivity contribution in [1.82, 2.24) is 9.88 Å². The highest BCUT2D eigenvalue weighted by Gasteiger charge is 2.24. The van der Waals surface area contributed by atoms with Gasteiger partial charge in [0.15, 0.2) is 5.13 Å². The zero-order chi connectivity index (χ0) is 13.1. The molecule has 1 aromatic heterocycles. The standard InChI is InChI=1S/C14H24N4S/c15-9-13-11-19-14(16-13)18-7-3-12(4-8-18)10-17-5-1-2-6-17/h11-12H,1-10,15H2. The molecule has 0 bridgehead atoms. The molecule has 0 unspecified atom stereocenters. The normalized spacial score (nSPS) is 22.3. The lowest BCUT2D eigenvalue weighted by Crippen LogP contribution is -2.38. The fraction of sp³-hybridized carbons (Fsp3) is 0.786. The van der Waals surface area contributed by atoms with Crippen molar-refractivity contribution in [3.05, 3.63) is 11.1 Å². The second-order valence-corrected chi connectivity index (χ2v) is 6.60. The Labute approximate surface area is 119 Å². The summed E-state index contributed by atoms with van der Waals surface area (Å²) in [5.41, 5.74) is 6.65. The van der Waals surface area contributed by atoms with Crippen LogP contribution in [0.15, 0.2) is 5.38 Å². The minimum atomic E-state index is 0.557. The Balaban J connectivity index is 1.48. The van der Waals surface area contributed by atoms with Gasteiger partial charge >= 0.3 is 0 Å². The molecule has 0 aliphatic carbocycles. The average Bonchev–Trinajstić information content (AvgIpc) is 3.10. The fourth-order valence-electron chi connectivity index (χ4n) is 3.17. The summed E-state index contributed by atoms with van der Waals surface area (Å²) in [6, 6.07) is 0. The van der Waals surface area contributed by atoms with Gasteiger partial charge in [0, 0.05) is 31.6 Å². The maximum absolute atomic E-state index is 5.63. The van der Waals surface area contributed by atoms with Crippen LogP contribution in [0.3, 0.4) is 0 Å². The molecule has 106 valence electrons. The molecule has 2 aliphatic rings. The van der Waals surface area contributed by atoms with Crippen LogP contribution in [0.4, 0.5) is 5.13 Å².